The highest BCUT2D eigenvalue weighted by atomic mass is 16.5. The van der Waals surface area contributed by atoms with Crippen LogP contribution in [0.25, 0.3) is 65.2 Å². The first kappa shape index (κ1) is 22.0. The number of benzene rings is 6. The van der Waals surface area contributed by atoms with Crippen LogP contribution in [-0.2, 0) is 0 Å². The number of ether oxygens (including phenoxy) is 2. The summed E-state index contributed by atoms with van der Waals surface area (Å²) in [7, 11) is 2.87. The Bertz CT molecular complexity index is 2410. The maximum absolute atomic E-state index is 13.7. The summed E-state index contributed by atoms with van der Waals surface area (Å²) in [4.78, 5) is 63.3. The molecule has 0 unspecified atom stereocenters. The average Bonchev–Trinajstić information content (AvgIpc) is 2.95. The summed E-state index contributed by atoms with van der Waals surface area (Å²) in [6, 6.07) is 16.1. The fourth-order valence-corrected chi connectivity index (χ4v) is 5.42. The molecule has 1 aromatic heterocycles. The minimum absolute atomic E-state index is 0.132. The zero-order valence-electron chi connectivity index (χ0n) is 20.1. The first-order valence-electron chi connectivity index (χ1n) is 11.7. The van der Waals surface area contributed by atoms with Crippen LogP contribution in [0.3, 0.4) is 0 Å². The summed E-state index contributed by atoms with van der Waals surface area (Å²) in [5.41, 5.74) is -0.185. The van der Waals surface area contributed by atoms with Crippen LogP contribution in [-0.4, -0.2) is 24.2 Å². The predicted molar refractivity (Wildman–Crippen MR) is 148 cm³/mol. The molecule has 8 heteroatoms. The first-order valence-corrected chi connectivity index (χ1v) is 11.7. The molecule has 0 aliphatic heterocycles. The molecule has 7 aromatic rings. The number of hydrogen-bond donors (Lipinski definition) is 0. The fraction of sp³-hybridized carbons (Fsp3) is 0.0667. The van der Waals surface area contributed by atoms with E-state index in [1.807, 2.05) is 0 Å². The van der Waals surface area contributed by atoms with Crippen LogP contribution in [0.4, 0.5) is 0 Å². The molecule has 0 fully saturated rings. The Kier molecular flexibility index (Phi) is 4.42. The quantitative estimate of drug-likeness (QED) is 0.261. The van der Waals surface area contributed by atoms with Crippen molar-refractivity contribution in [2.45, 2.75) is 0 Å². The molecule has 0 saturated carbocycles. The molecule has 0 N–H and O–H groups in total. The summed E-state index contributed by atoms with van der Waals surface area (Å²) >= 11 is 0. The van der Waals surface area contributed by atoms with Gasteiger partial charge in [-0.25, -0.2) is 9.97 Å². The standard InChI is InChI=1S/C30H16N2O6/c1-37-20-12-9-17-23(30(20)38-2)29(36)16-8-11-19-25(22(16)28(17)35)32-18-10-7-15-21(24(18)31-19)27(34)14-6-4-3-5-13(14)26(15)33/h3-12H,1-2H3. The summed E-state index contributed by atoms with van der Waals surface area (Å²) in [6.07, 6.45) is 0. The van der Waals surface area contributed by atoms with Crippen molar-refractivity contribution in [3.8, 4) is 11.5 Å². The summed E-state index contributed by atoms with van der Waals surface area (Å²) in [6.45, 7) is 0. The molecule has 7 rings (SSSR count). The number of fused-ring (bicyclic) bond motifs is 8. The van der Waals surface area contributed by atoms with Crippen molar-refractivity contribution >= 4 is 65.2 Å². The Balaban J connectivity index is 1.67. The molecule has 0 saturated heterocycles. The lowest BCUT2D eigenvalue weighted by atomic mass is 9.99. The summed E-state index contributed by atoms with van der Waals surface area (Å²) in [5.74, 6) is 0.529. The largest absolute Gasteiger partial charge is 0.493 e. The molecule has 0 aliphatic carbocycles. The van der Waals surface area contributed by atoms with Crippen molar-refractivity contribution in [2.75, 3.05) is 14.2 Å². The zero-order chi connectivity index (χ0) is 26.3. The second-order valence-electron chi connectivity index (χ2n) is 9.02. The highest BCUT2D eigenvalue weighted by Crippen LogP contribution is 2.34. The molecular weight excluding hydrogens is 484 g/mol. The van der Waals surface area contributed by atoms with Gasteiger partial charge < -0.3 is 9.47 Å². The average molecular weight is 500 g/mol. The van der Waals surface area contributed by atoms with E-state index in [1.54, 1.807) is 48.5 Å². The predicted octanol–water partition coefficient (Wildman–Crippen LogP) is 3.73. The molecule has 38 heavy (non-hydrogen) atoms. The molecule has 8 nitrogen and oxygen atoms in total. The van der Waals surface area contributed by atoms with Crippen LogP contribution in [0.1, 0.15) is 0 Å². The Hall–Kier alpha value is -5.24. The van der Waals surface area contributed by atoms with Gasteiger partial charge in [-0.1, -0.05) is 24.3 Å². The van der Waals surface area contributed by atoms with Gasteiger partial charge in [0.1, 0.15) is 11.0 Å². The Labute approximate surface area is 212 Å². The highest BCUT2D eigenvalue weighted by molar-refractivity contribution is 6.15. The Morgan fingerprint density at radius 1 is 0.500 bits per heavy atom. The molecule has 0 bridgehead atoms. The van der Waals surface area contributed by atoms with Crippen molar-refractivity contribution < 1.29 is 9.47 Å². The van der Waals surface area contributed by atoms with Crippen LogP contribution >= 0.6 is 0 Å². The number of hydrogen-bond acceptors (Lipinski definition) is 8. The molecular formula is C30H16N2O6. The van der Waals surface area contributed by atoms with Gasteiger partial charge in [0.05, 0.1) is 41.4 Å². The van der Waals surface area contributed by atoms with E-state index < -0.39 is 10.9 Å². The molecule has 6 aromatic carbocycles. The third-order valence-corrected chi connectivity index (χ3v) is 7.15. The first-order chi connectivity index (χ1) is 18.4. The lowest BCUT2D eigenvalue weighted by Crippen LogP contribution is -2.15. The number of aromatic nitrogens is 2. The van der Waals surface area contributed by atoms with E-state index in [1.165, 1.54) is 26.4 Å². The molecule has 0 radical (unpaired) electrons. The van der Waals surface area contributed by atoms with Gasteiger partial charge in [0.2, 0.25) is 0 Å². The monoisotopic (exact) mass is 500 g/mol. The van der Waals surface area contributed by atoms with Crippen LogP contribution in [0.5, 0.6) is 11.5 Å². The van der Waals surface area contributed by atoms with E-state index in [-0.39, 0.29) is 60.0 Å². The van der Waals surface area contributed by atoms with Gasteiger partial charge in [0.15, 0.2) is 33.2 Å². The molecule has 0 atom stereocenters. The lowest BCUT2D eigenvalue weighted by Gasteiger charge is -2.11. The SMILES string of the molecule is COc1ccc2c(=O)c3c(ccc4nc5c(ccc6c(=O)c7ccccc7c(=O)c65)nc43)c(=O)c2c1OC. The molecule has 1 heterocycles. The second kappa shape index (κ2) is 7.63. The summed E-state index contributed by atoms with van der Waals surface area (Å²) < 4.78 is 10.7. The van der Waals surface area contributed by atoms with Crippen LogP contribution in [0, 0.1) is 0 Å². The number of nitrogens with zero attached hydrogens (tertiary/aromatic N) is 2. The number of methoxy groups -OCH3 is 2. The van der Waals surface area contributed by atoms with E-state index in [0.717, 1.165) is 0 Å². The summed E-state index contributed by atoms with van der Waals surface area (Å²) in [5, 5.41) is 1.72. The minimum atomic E-state index is -0.395. The van der Waals surface area contributed by atoms with Crippen molar-refractivity contribution in [3.05, 3.63) is 102 Å². The third kappa shape index (κ3) is 2.68. The third-order valence-electron chi connectivity index (χ3n) is 7.15. The van der Waals surface area contributed by atoms with Gasteiger partial charge in [-0.3, -0.25) is 19.2 Å². The van der Waals surface area contributed by atoms with Crippen LogP contribution in [0.2, 0.25) is 0 Å². The van der Waals surface area contributed by atoms with Crippen molar-refractivity contribution in [3.63, 3.8) is 0 Å². The van der Waals surface area contributed by atoms with Crippen molar-refractivity contribution in [1.29, 1.82) is 0 Å². The smallest absolute Gasteiger partial charge is 0.198 e. The molecule has 0 aliphatic rings. The highest BCUT2D eigenvalue weighted by Gasteiger charge is 2.21. The van der Waals surface area contributed by atoms with Gasteiger partial charge in [-0.2, -0.15) is 0 Å². The van der Waals surface area contributed by atoms with Gasteiger partial charge in [-0.05, 0) is 36.4 Å². The lowest BCUT2D eigenvalue weighted by molar-refractivity contribution is 0.358. The molecule has 0 amide bonds. The van der Waals surface area contributed by atoms with Crippen LogP contribution < -0.4 is 31.2 Å². The normalized spacial score (nSPS) is 11.8. The Morgan fingerprint density at radius 2 is 0.974 bits per heavy atom. The fourth-order valence-electron chi connectivity index (χ4n) is 5.42. The van der Waals surface area contributed by atoms with E-state index in [9.17, 15) is 19.2 Å². The van der Waals surface area contributed by atoms with Gasteiger partial charge in [0, 0.05) is 26.9 Å². The van der Waals surface area contributed by atoms with E-state index in [4.69, 9.17) is 14.5 Å². The Morgan fingerprint density at radius 3 is 1.55 bits per heavy atom. The maximum Gasteiger partial charge on any atom is 0.198 e. The molecule has 0 spiro atoms. The topological polar surface area (TPSA) is 113 Å². The van der Waals surface area contributed by atoms with Gasteiger partial charge >= 0.3 is 0 Å². The molecule has 182 valence electrons. The minimum Gasteiger partial charge on any atom is -0.493 e. The van der Waals surface area contributed by atoms with Crippen LogP contribution in [0.15, 0.2) is 79.8 Å². The second-order valence-corrected chi connectivity index (χ2v) is 9.02. The van der Waals surface area contributed by atoms with Gasteiger partial charge in [-0.15, -0.1) is 0 Å². The van der Waals surface area contributed by atoms with E-state index >= 15 is 0 Å². The maximum atomic E-state index is 13.7. The van der Waals surface area contributed by atoms with E-state index in [0.29, 0.717) is 27.6 Å². The van der Waals surface area contributed by atoms with Crippen molar-refractivity contribution in [1.82, 2.24) is 9.97 Å². The van der Waals surface area contributed by atoms with E-state index in [2.05, 4.69) is 4.98 Å². The zero-order valence-corrected chi connectivity index (χ0v) is 20.1. The van der Waals surface area contributed by atoms with Gasteiger partial charge in [0.25, 0.3) is 0 Å². The number of rotatable bonds is 2. The van der Waals surface area contributed by atoms with Crippen molar-refractivity contribution in [2.24, 2.45) is 0 Å².